The van der Waals surface area contributed by atoms with Crippen LogP contribution in [0.3, 0.4) is 0 Å². The van der Waals surface area contributed by atoms with Crippen LogP contribution >= 0.6 is 0 Å². The molecular formula is C18H30O5. The fraction of sp³-hybridized carbons (Fsp3) is 0.667. The Kier molecular flexibility index (Phi) is 8.83. The minimum absolute atomic E-state index is 0.170. The number of hydrogen-bond donors (Lipinski definition) is 1. The predicted molar refractivity (Wildman–Crippen MR) is 89.5 cm³/mol. The molecule has 0 saturated carbocycles. The first-order valence-electron chi connectivity index (χ1n) is 7.97. The van der Waals surface area contributed by atoms with E-state index in [0.29, 0.717) is 12.3 Å². The van der Waals surface area contributed by atoms with E-state index in [-0.39, 0.29) is 17.6 Å². The number of carbonyl (C=O) groups excluding carboxylic acids is 2. The summed E-state index contributed by atoms with van der Waals surface area (Å²) in [6.07, 6.45) is 1.57. The summed E-state index contributed by atoms with van der Waals surface area (Å²) in [6, 6.07) is 0. The van der Waals surface area contributed by atoms with Crippen LogP contribution in [-0.2, 0) is 19.1 Å². The van der Waals surface area contributed by atoms with E-state index in [1.165, 1.54) is 20.8 Å². The highest BCUT2D eigenvalue weighted by Gasteiger charge is 2.43. The maximum absolute atomic E-state index is 11.9. The summed E-state index contributed by atoms with van der Waals surface area (Å²) >= 11 is 0. The molecule has 0 heterocycles. The van der Waals surface area contributed by atoms with Crippen LogP contribution in [0.4, 0.5) is 0 Å². The summed E-state index contributed by atoms with van der Waals surface area (Å²) in [5.74, 6) is -2.58. The molecule has 0 aliphatic rings. The van der Waals surface area contributed by atoms with Gasteiger partial charge >= 0.3 is 11.9 Å². The topological polar surface area (TPSA) is 72.8 Å². The van der Waals surface area contributed by atoms with Crippen molar-refractivity contribution in [3.8, 4) is 0 Å². The molecule has 0 bridgehead atoms. The molecule has 5 heteroatoms. The smallest absolute Gasteiger partial charge is 0.336 e. The SMILES string of the molecule is C=C(C)C(=O)OC(CCCCC(C)C)(OC(=O)C(=C)C)C(C)O. The number of esters is 2. The van der Waals surface area contributed by atoms with Crippen LogP contribution in [0, 0.1) is 5.92 Å². The van der Waals surface area contributed by atoms with Crippen molar-refractivity contribution in [2.45, 2.75) is 72.2 Å². The minimum Gasteiger partial charge on any atom is -0.416 e. The van der Waals surface area contributed by atoms with E-state index in [1.807, 2.05) is 0 Å². The minimum atomic E-state index is -1.72. The van der Waals surface area contributed by atoms with Gasteiger partial charge in [0, 0.05) is 17.6 Å². The fourth-order valence-corrected chi connectivity index (χ4v) is 1.91. The molecule has 23 heavy (non-hydrogen) atoms. The van der Waals surface area contributed by atoms with Crippen molar-refractivity contribution in [1.29, 1.82) is 0 Å². The van der Waals surface area contributed by atoms with E-state index in [0.717, 1.165) is 12.8 Å². The first kappa shape index (κ1) is 21.4. The summed E-state index contributed by atoms with van der Waals surface area (Å²) in [5, 5.41) is 10.1. The Labute approximate surface area is 139 Å². The van der Waals surface area contributed by atoms with Gasteiger partial charge in [-0.3, -0.25) is 0 Å². The molecule has 0 rings (SSSR count). The molecular weight excluding hydrogens is 296 g/mol. The molecule has 132 valence electrons. The number of aliphatic hydroxyl groups is 1. The number of ether oxygens (including phenoxy) is 2. The average Bonchev–Trinajstić information content (AvgIpc) is 2.42. The zero-order valence-corrected chi connectivity index (χ0v) is 15.0. The van der Waals surface area contributed by atoms with E-state index >= 15 is 0 Å². The van der Waals surface area contributed by atoms with Gasteiger partial charge in [0.25, 0.3) is 5.79 Å². The Morgan fingerprint density at radius 2 is 1.43 bits per heavy atom. The number of unbranched alkanes of at least 4 members (excludes halogenated alkanes) is 1. The van der Waals surface area contributed by atoms with Crippen LogP contribution in [0.25, 0.3) is 0 Å². The van der Waals surface area contributed by atoms with Gasteiger partial charge in [-0.2, -0.15) is 0 Å². The number of rotatable bonds is 10. The fourth-order valence-electron chi connectivity index (χ4n) is 1.91. The van der Waals surface area contributed by atoms with Gasteiger partial charge in [0.15, 0.2) is 0 Å². The lowest BCUT2D eigenvalue weighted by Gasteiger charge is -2.35. The Balaban J connectivity index is 5.24. The van der Waals surface area contributed by atoms with Gasteiger partial charge in [0.1, 0.15) is 6.10 Å². The highest BCUT2D eigenvalue weighted by molar-refractivity contribution is 5.89. The first-order chi connectivity index (χ1) is 10.5. The average molecular weight is 326 g/mol. The molecule has 0 aromatic carbocycles. The van der Waals surface area contributed by atoms with E-state index in [2.05, 4.69) is 27.0 Å². The van der Waals surface area contributed by atoms with E-state index in [9.17, 15) is 14.7 Å². The Morgan fingerprint density at radius 3 is 1.74 bits per heavy atom. The van der Waals surface area contributed by atoms with Crippen molar-refractivity contribution in [3.63, 3.8) is 0 Å². The van der Waals surface area contributed by atoms with Gasteiger partial charge in [-0.1, -0.05) is 39.8 Å². The van der Waals surface area contributed by atoms with Crippen molar-refractivity contribution in [3.05, 3.63) is 24.3 Å². The second-order valence-electron chi connectivity index (χ2n) is 6.47. The summed E-state index contributed by atoms with van der Waals surface area (Å²) in [7, 11) is 0. The quantitative estimate of drug-likeness (QED) is 0.288. The van der Waals surface area contributed by atoms with Crippen LogP contribution in [0.5, 0.6) is 0 Å². The second-order valence-corrected chi connectivity index (χ2v) is 6.47. The van der Waals surface area contributed by atoms with Gasteiger partial charge < -0.3 is 14.6 Å². The number of carbonyl (C=O) groups is 2. The van der Waals surface area contributed by atoms with Gasteiger partial charge in [-0.05, 0) is 33.1 Å². The maximum Gasteiger partial charge on any atom is 0.336 e. The molecule has 1 N–H and O–H groups in total. The zero-order valence-electron chi connectivity index (χ0n) is 15.0. The number of hydrogen-bond acceptors (Lipinski definition) is 5. The van der Waals surface area contributed by atoms with Crippen LogP contribution in [0.2, 0.25) is 0 Å². The summed E-state index contributed by atoms with van der Waals surface area (Å²) < 4.78 is 10.6. The molecule has 1 atom stereocenters. The number of aliphatic hydroxyl groups excluding tert-OH is 1. The summed E-state index contributed by atoms with van der Waals surface area (Å²) in [6.45, 7) is 15.7. The third kappa shape index (κ3) is 7.46. The molecule has 0 aromatic heterocycles. The van der Waals surface area contributed by atoms with Crippen molar-refractivity contribution >= 4 is 11.9 Å². The third-order valence-corrected chi connectivity index (χ3v) is 3.42. The molecule has 0 radical (unpaired) electrons. The highest BCUT2D eigenvalue weighted by Crippen LogP contribution is 2.28. The molecule has 0 saturated heterocycles. The standard InChI is InChI=1S/C18H30O5/c1-12(2)10-8-9-11-18(15(7)19,22-16(20)13(3)4)23-17(21)14(5)6/h12,15,19H,3,5,8-11H2,1-2,4,6-7H3. The molecule has 0 amide bonds. The van der Waals surface area contributed by atoms with Crippen molar-refractivity contribution < 1.29 is 24.2 Å². The van der Waals surface area contributed by atoms with E-state index in [4.69, 9.17) is 9.47 Å². The molecule has 0 aromatic rings. The van der Waals surface area contributed by atoms with E-state index < -0.39 is 23.8 Å². The van der Waals surface area contributed by atoms with Gasteiger partial charge in [-0.25, -0.2) is 9.59 Å². The predicted octanol–water partition coefficient (Wildman–Crippen LogP) is 3.52. The monoisotopic (exact) mass is 326 g/mol. The largest absolute Gasteiger partial charge is 0.416 e. The van der Waals surface area contributed by atoms with Crippen LogP contribution in [-0.4, -0.2) is 28.9 Å². The normalized spacial score (nSPS) is 12.7. The van der Waals surface area contributed by atoms with Gasteiger partial charge in [0.05, 0.1) is 0 Å². The molecule has 0 fully saturated rings. The zero-order chi connectivity index (χ0) is 18.2. The molecule has 0 spiro atoms. The lowest BCUT2D eigenvalue weighted by Crippen LogP contribution is -2.49. The Hall–Kier alpha value is -1.62. The first-order valence-corrected chi connectivity index (χ1v) is 7.97. The second kappa shape index (κ2) is 9.50. The molecule has 5 nitrogen and oxygen atoms in total. The summed E-state index contributed by atoms with van der Waals surface area (Å²) in [4.78, 5) is 23.8. The van der Waals surface area contributed by atoms with Crippen molar-refractivity contribution in [1.82, 2.24) is 0 Å². The third-order valence-electron chi connectivity index (χ3n) is 3.42. The van der Waals surface area contributed by atoms with Crippen molar-refractivity contribution in [2.24, 2.45) is 5.92 Å². The van der Waals surface area contributed by atoms with Crippen LogP contribution < -0.4 is 0 Å². The molecule has 1 unspecified atom stereocenters. The Morgan fingerprint density at radius 1 is 1.00 bits per heavy atom. The van der Waals surface area contributed by atoms with Crippen LogP contribution in [0.1, 0.15) is 60.3 Å². The summed E-state index contributed by atoms with van der Waals surface area (Å²) in [5.41, 5.74) is 0.340. The maximum atomic E-state index is 11.9. The van der Waals surface area contributed by atoms with Crippen LogP contribution in [0.15, 0.2) is 24.3 Å². The lowest BCUT2D eigenvalue weighted by molar-refractivity contribution is -0.257. The molecule has 0 aliphatic heterocycles. The van der Waals surface area contributed by atoms with Gasteiger partial charge in [-0.15, -0.1) is 0 Å². The molecule has 0 aliphatic carbocycles. The van der Waals surface area contributed by atoms with Crippen molar-refractivity contribution in [2.75, 3.05) is 0 Å². The highest BCUT2D eigenvalue weighted by atomic mass is 16.7. The Bertz CT molecular complexity index is 420. The van der Waals surface area contributed by atoms with Gasteiger partial charge in [0.2, 0.25) is 0 Å². The lowest BCUT2D eigenvalue weighted by atomic mass is 9.99. The van der Waals surface area contributed by atoms with E-state index in [1.54, 1.807) is 0 Å².